The molecule has 20 heavy (non-hydrogen) atoms. The van der Waals surface area contributed by atoms with E-state index in [0.29, 0.717) is 17.5 Å². The Morgan fingerprint density at radius 1 is 1.35 bits per heavy atom. The zero-order chi connectivity index (χ0) is 14.9. The van der Waals surface area contributed by atoms with E-state index < -0.39 is 5.97 Å². The molecule has 108 valence electrons. The van der Waals surface area contributed by atoms with E-state index in [1.165, 1.54) is 11.3 Å². The molecule has 0 saturated carbocycles. The number of fused-ring (bicyclic) bond motifs is 1. The maximum absolute atomic E-state index is 11.4. The second-order valence-corrected chi connectivity index (χ2v) is 7.23. The highest BCUT2D eigenvalue weighted by Gasteiger charge is 2.22. The van der Waals surface area contributed by atoms with Crippen molar-refractivity contribution in [2.24, 2.45) is 5.41 Å². The van der Waals surface area contributed by atoms with Crippen LogP contribution in [0, 0.1) is 5.41 Å². The third-order valence-corrected chi connectivity index (χ3v) is 4.98. The molecule has 1 unspecified atom stereocenters. The number of benzene rings is 1. The summed E-state index contributed by atoms with van der Waals surface area (Å²) in [4.78, 5) is 11.9. The molecule has 0 spiro atoms. The molecule has 1 heterocycles. The molecule has 1 atom stereocenters. The first-order valence-electron chi connectivity index (χ1n) is 6.78. The molecular weight excluding hydrogens is 270 g/mol. The van der Waals surface area contributed by atoms with Crippen LogP contribution in [-0.4, -0.2) is 17.1 Å². The lowest BCUT2D eigenvalue weighted by atomic mass is 9.88. The van der Waals surface area contributed by atoms with Gasteiger partial charge in [-0.25, -0.2) is 4.79 Å². The van der Waals surface area contributed by atoms with Gasteiger partial charge in [0.05, 0.1) is 0 Å². The van der Waals surface area contributed by atoms with E-state index in [1.54, 1.807) is 0 Å². The van der Waals surface area contributed by atoms with E-state index in [0.717, 1.165) is 15.6 Å². The number of thiophene rings is 1. The minimum atomic E-state index is -0.841. The van der Waals surface area contributed by atoms with E-state index >= 15 is 0 Å². The van der Waals surface area contributed by atoms with Crippen molar-refractivity contribution < 1.29 is 9.90 Å². The molecule has 4 heteroatoms. The van der Waals surface area contributed by atoms with E-state index in [1.807, 2.05) is 24.3 Å². The van der Waals surface area contributed by atoms with E-state index in [9.17, 15) is 9.90 Å². The number of rotatable bonds is 4. The fourth-order valence-electron chi connectivity index (χ4n) is 2.01. The predicted molar refractivity (Wildman–Crippen MR) is 84.5 cm³/mol. The van der Waals surface area contributed by atoms with Gasteiger partial charge < -0.3 is 10.4 Å². The summed E-state index contributed by atoms with van der Waals surface area (Å²) < 4.78 is 1.03. The van der Waals surface area contributed by atoms with Gasteiger partial charge in [-0.1, -0.05) is 39.0 Å². The lowest BCUT2D eigenvalue weighted by molar-refractivity contribution is 0.0701. The first-order chi connectivity index (χ1) is 9.30. The van der Waals surface area contributed by atoms with Crippen LogP contribution in [0.4, 0.5) is 0 Å². The third kappa shape index (κ3) is 3.02. The lowest BCUT2D eigenvalue weighted by Gasteiger charge is -2.28. The molecule has 0 saturated heterocycles. The van der Waals surface area contributed by atoms with Crippen molar-refractivity contribution in [3.63, 3.8) is 0 Å². The molecule has 0 radical (unpaired) electrons. The van der Waals surface area contributed by atoms with Crippen LogP contribution in [0.2, 0.25) is 0 Å². The van der Waals surface area contributed by atoms with Gasteiger partial charge in [0.25, 0.3) is 0 Å². The summed E-state index contributed by atoms with van der Waals surface area (Å²) in [7, 11) is 0. The van der Waals surface area contributed by atoms with Crippen molar-refractivity contribution in [2.45, 2.75) is 40.3 Å². The van der Waals surface area contributed by atoms with E-state index in [-0.39, 0.29) is 5.41 Å². The van der Waals surface area contributed by atoms with Gasteiger partial charge in [-0.15, -0.1) is 11.3 Å². The van der Waals surface area contributed by atoms with Crippen LogP contribution < -0.4 is 5.32 Å². The van der Waals surface area contributed by atoms with Crippen LogP contribution in [0.1, 0.15) is 42.9 Å². The second kappa shape index (κ2) is 5.54. The van der Waals surface area contributed by atoms with Crippen LogP contribution in [-0.2, 0) is 6.54 Å². The second-order valence-electron chi connectivity index (χ2n) is 6.18. The predicted octanol–water partition coefficient (Wildman–Crippen LogP) is 4.12. The normalized spacial score (nSPS) is 13.6. The molecule has 0 aliphatic rings. The third-order valence-electron chi connectivity index (χ3n) is 3.78. The van der Waals surface area contributed by atoms with Crippen LogP contribution >= 0.6 is 11.3 Å². The average molecular weight is 291 g/mol. The maximum atomic E-state index is 11.4. The summed E-state index contributed by atoms with van der Waals surface area (Å²) in [5.41, 5.74) is 1.05. The van der Waals surface area contributed by atoms with Crippen molar-refractivity contribution in [3.8, 4) is 0 Å². The van der Waals surface area contributed by atoms with Crippen LogP contribution in [0.15, 0.2) is 24.3 Å². The Morgan fingerprint density at radius 3 is 2.60 bits per heavy atom. The molecule has 0 aliphatic carbocycles. The van der Waals surface area contributed by atoms with Gasteiger partial charge in [-0.2, -0.15) is 0 Å². The van der Waals surface area contributed by atoms with Gasteiger partial charge in [0.1, 0.15) is 4.88 Å². The number of aromatic carboxylic acids is 1. The Kier molecular flexibility index (Phi) is 4.16. The average Bonchev–Trinajstić information content (AvgIpc) is 2.73. The number of hydrogen-bond donors (Lipinski definition) is 2. The van der Waals surface area contributed by atoms with Gasteiger partial charge >= 0.3 is 5.97 Å². The summed E-state index contributed by atoms with van der Waals surface area (Å²) in [6.45, 7) is 9.25. The van der Waals surface area contributed by atoms with Crippen molar-refractivity contribution in [1.29, 1.82) is 0 Å². The molecular formula is C16H21NO2S. The molecule has 0 bridgehead atoms. The summed E-state index contributed by atoms with van der Waals surface area (Å²) in [5, 5.41) is 13.9. The highest BCUT2D eigenvalue weighted by molar-refractivity contribution is 7.21. The van der Waals surface area contributed by atoms with Crippen molar-refractivity contribution in [1.82, 2.24) is 5.32 Å². The SMILES string of the molecule is CC(NCc1c(C(=O)O)sc2ccccc12)C(C)(C)C. The molecule has 0 aliphatic heterocycles. The Labute approximate surface area is 123 Å². The summed E-state index contributed by atoms with van der Waals surface area (Å²) in [6, 6.07) is 8.18. The monoisotopic (exact) mass is 291 g/mol. The first kappa shape index (κ1) is 15.0. The standard InChI is InChI=1S/C16H21NO2S/c1-10(16(2,3)4)17-9-12-11-7-5-6-8-13(11)20-14(12)15(18)19/h5-8,10,17H,9H2,1-4H3,(H,18,19). The number of carboxylic acids is 1. The zero-order valence-electron chi connectivity index (χ0n) is 12.4. The van der Waals surface area contributed by atoms with Gasteiger partial charge in [-0.05, 0) is 29.4 Å². The molecule has 1 aromatic carbocycles. The van der Waals surface area contributed by atoms with E-state index in [2.05, 4.69) is 33.0 Å². The highest BCUT2D eigenvalue weighted by atomic mass is 32.1. The number of nitrogens with one attached hydrogen (secondary N) is 1. The topological polar surface area (TPSA) is 49.3 Å². The molecule has 2 rings (SSSR count). The number of carboxylic acid groups (broad SMARTS) is 1. The Bertz CT molecular complexity index is 625. The Morgan fingerprint density at radius 2 is 2.00 bits per heavy atom. The van der Waals surface area contributed by atoms with Crippen LogP contribution in [0.3, 0.4) is 0 Å². The zero-order valence-corrected chi connectivity index (χ0v) is 13.2. The smallest absolute Gasteiger partial charge is 0.346 e. The molecule has 1 aromatic heterocycles. The first-order valence-corrected chi connectivity index (χ1v) is 7.59. The van der Waals surface area contributed by atoms with Gasteiger partial charge in [0.15, 0.2) is 0 Å². The Hall–Kier alpha value is -1.39. The van der Waals surface area contributed by atoms with Gasteiger partial charge in [-0.3, -0.25) is 0 Å². The van der Waals surface area contributed by atoms with Gasteiger partial charge in [0.2, 0.25) is 0 Å². The quantitative estimate of drug-likeness (QED) is 0.890. The largest absolute Gasteiger partial charge is 0.477 e. The summed E-state index contributed by atoms with van der Waals surface area (Å²) in [5.74, 6) is -0.841. The number of hydrogen-bond acceptors (Lipinski definition) is 3. The molecule has 0 amide bonds. The molecule has 2 N–H and O–H groups in total. The highest BCUT2D eigenvalue weighted by Crippen LogP contribution is 2.31. The molecule has 3 nitrogen and oxygen atoms in total. The maximum Gasteiger partial charge on any atom is 0.346 e. The number of carbonyl (C=O) groups is 1. The van der Waals surface area contributed by atoms with Crippen molar-refractivity contribution in [3.05, 3.63) is 34.7 Å². The van der Waals surface area contributed by atoms with Gasteiger partial charge in [0, 0.05) is 17.3 Å². The van der Waals surface area contributed by atoms with Crippen LogP contribution in [0.25, 0.3) is 10.1 Å². The fourth-order valence-corrected chi connectivity index (χ4v) is 3.07. The fraction of sp³-hybridized carbons (Fsp3) is 0.438. The minimum absolute atomic E-state index is 0.148. The summed E-state index contributed by atoms with van der Waals surface area (Å²) in [6.07, 6.45) is 0. The lowest BCUT2D eigenvalue weighted by Crippen LogP contribution is -2.37. The van der Waals surface area contributed by atoms with Crippen LogP contribution in [0.5, 0.6) is 0 Å². The van der Waals surface area contributed by atoms with Crippen molar-refractivity contribution in [2.75, 3.05) is 0 Å². The van der Waals surface area contributed by atoms with E-state index in [4.69, 9.17) is 0 Å². The summed E-state index contributed by atoms with van der Waals surface area (Å²) >= 11 is 1.35. The Balaban J connectivity index is 2.33. The molecule has 0 fully saturated rings. The minimum Gasteiger partial charge on any atom is -0.477 e. The van der Waals surface area contributed by atoms with Crippen molar-refractivity contribution >= 4 is 27.4 Å². The molecule has 2 aromatic rings.